The van der Waals surface area contributed by atoms with Crippen molar-refractivity contribution in [3.05, 3.63) is 64.2 Å². The van der Waals surface area contributed by atoms with Crippen molar-refractivity contribution < 1.29 is 9.53 Å². The third kappa shape index (κ3) is 3.38. The second-order valence-electron chi connectivity index (χ2n) is 5.15. The lowest BCUT2D eigenvalue weighted by molar-refractivity contribution is 0.0996. The van der Waals surface area contributed by atoms with Crippen LogP contribution in [0.25, 0.3) is 0 Å². The normalized spacial score (nSPS) is 10.3. The Kier molecular flexibility index (Phi) is 4.08. The molecule has 0 aromatic heterocycles. The van der Waals surface area contributed by atoms with Gasteiger partial charge in [0.1, 0.15) is 12.4 Å². The molecule has 3 nitrogen and oxygen atoms in total. The summed E-state index contributed by atoms with van der Waals surface area (Å²) in [5.41, 5.74) is 10.3. The van der Waals surface area contributed by atoms with Crippen molar-refractivity contribution in [2.45, 2.75) is 27.4 Å². The highest BCUT2D eigenvalue weighted by Gasteiger charge is 2.09. The van der Waals surface area contributed by atoms with Gasteiger partial charge in [0.05, 0.1) is 5.56 Å². The molecule has 2 rings (SSSR count). The monoisotopic (exact) mass is 269 g/mol. The van der Waals surface area contributed by atoms with Crippen molar-refractivity contribution in [3.8, 4) is 5.75 Å². The molecule has 2 aromatic rings. The number of ether oxygens (including phenoxy) is 1. The van der Waals surface area contributed by atoms with E-state index in [0.29, 0.717) is 17.9 Å². The zero-order valence-corrected chi connectivity index (χ0v) is 12.1. The van der Waals surface area contributed by atoms with E-state index in [2.05, 4.69) is 32.0 Å². The minimum absolute atomic E-state index is 0.417. The van der Waals surface area contributed by atoms with Crippen LogP contribution in [0, 0.1) is 20.8 Å². The summed E-state index contributed by atoms with van der Waals surface area (Å²) in [6.07, 6.45) is 0. The molecule has 0 aliphatic rings. The number of benzene rings is 2. The predicted molar refractivity (Wildman–Crippen MR) is 79.9 cm³/mol. The minimum atomic E-state index is -0.472. The lowest BCUT2D eigenvalue weighted by Gasteiger charge is -2.11. The highest BCUT2D eigenvalue weighted by atomic mass is 16.5. The molecule has 1 amide bonds. The summed E-state index contributed by atoms with van der Waals surface area (Å²) in [4.78, 5) is 11.4. The van der Waals surface area contributed by atoms with Crippen LogP contribution in [0.4, 0.5) is 0 Å². The first kappa shape index (κ1) is 14.1. The molecule has 0 atom stereocenters. The number of rotatable bonds is 4. The Morgan fingerprint density at radius 1 is 1.00 bits per heavy atom. The molecule has 2 N–H and O–H groups in total. The van der Waals surface area contributed by atoms with E-state index in [9.17, 15) is 4.79 Å². The molecule has 3 heteroatoms. The molecule has 20 heavy (non-hydrogen) atoms. The number of carbonyl (C=O) groups excluding carboxylic acids is 1. The van der Waals surface area contributed by atoms with E-state index in [0.717, 1.165) is 11.1 Å². The van der Waals surface area contributed by atoms with Crippen molar-refractivity contribution in [3.63, 3.8) is 0 Å². The summed E-state index contributed by atoms with van der Waals surface area (Å²) < 4.78 is 5.77. The molecule has 0 spiro atoms. The van der Waals surface area contributed by atoms with Gasteiger partial charge < -0.3 is 10.5 Å². The first-order valence-corrected chi connectivity index (χ1v) is 6.56. The summed E-state index contributed by atoms with van der Waals surface area (Å²) >= 11 is 0. The van der Waals surface area contributed by atoms with Gasteiger partial charge in [-0.15, -0.1) is 0 Å². The van der Waals surface area contributed by atoms with Crippen LogP contribution in [0.3, 0.4) is 0 Å². The van der Waals surface area contributed by atoms with Gasteiger partial charge >= 0.3 is 0 Å². The Balaban J connectivity index is 2.22. The van der Waals surface area contributed by atoms with E-state index in [1.165, 1.54) is 11.1 Å². The van der Waals surface area contributed by atoms with Crippen molar-refractivity contribution in [2.75, 3.05) is 0 Å². The quantitative estimate of drug-likeness (QED) is 0.926. The predicted octanol–water partition coefficient (Wildman–Crippen LogP) is 3.29. The standard InChI is InChI=1S/C17H19NO2/c1-11-4-5-15(17(18)19)16(9-11)20-10-14-7-12(2)6-13(3)8-14/h4-9H,10H2,1-3H3,(H2,18,19). The van der Waals surface area contributed by atoms with Gasteiger partial charge in [0.25, 0.3) is 5.91 Å². The topological polar surface area (TPSA) is 52.3 Å². The van der Waals surface area contributed by atoms with E-state index in [1.807, 2.05) is 19.1 Å². The number of hydrogen-bond donors (Lipinski definition) is 1. The molecule has 0 saturated heterocycles. The molecule has 0 aliphatic carbocycles. The van der Waals surface area contributed by atoms with Gasteiger partial charge in [-0.2, -0.15) is 0 Å². The lowest BCUT2D eigenvalue weighted by atomic mass is 10.1. The van der Waals surface area contributed by atoms with Crippen molar-refractivity contribution >= 4 is 5.91 Å². The Morgan fingerprint density at radius 2 is 1.65 bits per heavy atom. The average molecular weight is 269 g/mol. The van der Waals surface area contributed by atoms with Crippen LogP contribution in [0.2, 0.25) is 0 Å². The van der Waals surface area contributed by atoms with Gasteiger partial charge in [0, 0.05) is 0 Å². The number of nitrogens with two attached hydrogens (primary N) is 1. The molecule has 0 saturated carbocycles. The zero-order chi connectivity index (χ0) is 14.7. The molecule has 0 bridgehead atoms. The SMILES string of the molecule is Cc1cc(C)cc(COc2cc(C)ccc2C(N)=O)c1. The van der Waals surface area contributed by atoms with Crippen LogP contribution < -0.4 is 10.5 Å². The maximum atomic E-state index is 11.4. The van der Waals surface area contributed by atoms with Gasteiger partial charge in [0.2, 0.25) is 0 Å². The lowest BCUT2D eigenvalue weighted by Crippen LogP contribution is -2.13. The van der Waals surface area contributed by atoms with E-state index >= 15 is 0 Å². The van der Waals surface area contributed by atoms with Crippen LogP contribution in [0.5, 0.6) is 5.75 Å². The van der Waals surface area contributed by atoms with Crippen LogP contribution in [0.1, 0.15) is 32.6 Å². The average Bonchev–Trinajstić information content (AvgIpc) is 2.35. The van der Waals surface area contributed by atoms with Gasteiger partial charge in [-0.3, -0.25) is 4.79 Å². The molecular weight excluding hydrogens is 250 g/mol. The first-order chi connectivity index (χ1) is 9.45. The second kappa shape index (κ2) is 5.78. The van der Waals surface area contributed by atoms with Crippen LogP contribution >= 0.6 is 0 Å². The number of primary amides is 1. The van der Waals surface area contributed by atoms with E-state index < -0.39 is 5.91 Å². The third-order valence-corrected chi connectivity index (χ3v) is 3.08. The molecule has 0 fully saturated rings. The highest BCUT2D eigenvalue weighted by molar-refractivity contribution is 5.95. The number of aryl methyl sites for hydroxylation is 3. The van der Waals surface area contributed by atoms with Crippen molar-refractivity contribution in [1.82, 2.24) is 0 Å². The largest absolute Gasteiger partial charge is 0.488 e. The Bertz CT molecular complexity index is 627. The summed E-state index contributed by atoms with van der Waals surface area (Å²) in [5, 5.41) is 0. The molecule has 0 heterocycles. The summed E-state index contributed by atoms with van der Waals surface area (Å²) in [6, 6.07) is 11.7. The highest BCUT2D eigenvalue weighted by Crippen LogP contribution is 2.21. The van der Waals surface area contributed by atoms with Gasteiger partial charge in [0.15, 0.2) is 0 Å². The fourth-order valence-electron chi connectivity index (χ4n) is 2.27. The van der Waals surface area contributed by atoms with Gasteiger partial charge in [-0.25, -0.2) is 0 Å². The Hall–Kier alpha value is -2.29. The van der Waals surface area contributed by atoms with E-state index in [4.69, 9.17) is 10.5 Å². The number of amides is 1. The summed E-state index contributed by atoms with van der Waals surface area (Å²) in [5.74, 6) is 0.0667. The maximum absolute atomic E-state index is 11.4. The molecule has 0 aliphatic heterocycles. The van der Waals surface area contributed by atoms with Crippen LogP contribution in [-0.2, 0) is 6.61 Å². The number of hydrogen-bond acceptors (Lipinski definition) is 2. The zero-order valence-electron chi connectivity index (χ0n) is 12.1. The van der Waals surface area contributed by atoms with E-state index in [1.54, 1.807) is 6.07 Å². The Labute approximate surface area is 119 Å². The summed E-state index contributed by atoms with van der Waals surface area (Å²) in [7, 11) is 0. The molecular formula is C17H19NO2. The fraction of sp³-hybridized carbons (Fsp3) is 0.235. The van der Waals surface area contributed by atoms with Crippen molar-refractivity contribution in [2.24, 2.45) is 5.73 Å². The first-order valence-electron chi connectivity index (χ1n) is 6.56. The smallest absolute Gasteiger partial charge is 0.252 e. The van der Waals surface area contributed by atoms with E-state index in [-0.39, 0.29) is 0 Å². The summed E-state index contributed by atoms with van der Waals surface area (Å²) in [6.45, 7) is 6.48. The van der Waals surface area contributed by atoms with Crippen LogP contribution in [0.15, 0.2) is 36.4 Å². The molecule has 2 aromatic carbocycles. The van der Waals surface area contributed by atoms with Gasteiger partial charge in [-0.05, 0) is 44.0 Å². The van der Waals surface area contributed by atoms with Gasteiger partial charge in [-0.1, -0.05) is 35.4 Å². The fourth-order valence-corrected chi connectivity index (χ4v) is 2.27. The number of carbonyl (C=O) groups is 1. The third-order valence-electron chi connectivity index (χ3n) is 3.08. The molecule has 104 valence electrons. The Morgan fingerprint density at radius 3 is 2.25 bits per heavy atom. The molecule has 0 radical (unpaired) electrons. The minimum Gasteiger partial charge on any atom is -0.488 e. The van der Waals surface area contributed by atoms with Crippen molar-refractivity contribution in [1.29, 1.82) is 0 Å². The second-order valence-corrected chi connectivity index (χ2v) is 5.15. The van der Waals surface area contributed by atoms with Crippen LogP contribution in [-0.4, -0.2) is 5.91 Å². The maximum Gasteiger partial charge on any atom is 0.252 e. The molecule has 0 unspecified atom stereocenters.